The number of hydrogen-bond acceptors (Lipinski definition) is 5. The van der Waals surface area contributed by atoms with Crippen LogP contribution in [0.5, 0.6) is 0 Å². The van der Waals surface area contributed by atoms with Crippen molar-refractivity contribution in [3.8, 4) is 0 Å². The lowest BCUT2D eigenvalue weighted by Crippen LogP contribution is -2.39. The molecule has 0 N–H and O–H groups in total. The highest BCUT2D eigenvalue weighted by Crippen LogP contribution is 2.29. The molecule has 1 aliphatic heterocycles. The van der Waals surface area contributed by atoms with Gasteiger partial charge in [-0.05, 0) is 19.8 Å². The van der Waals surface area contributed by atoms with Gasteiger partial charge in [-0.2, -0.15) is 14.4 Å². The maximum Gasteiger partial charge on any atom is 0.311 e. The minimum Gasteiger partial charge on any atom is -0.379 e. The maximum absolute atomic E-state index is 14.2. The van der Waals surface area contributed by atoms with Gasteiger partial charge in [-0.1, -0.05) is 6.92 Å². The van der Waals surface area contributed by atoms with Gasteiger partial charge in [0.1, 0.15) is 11.3 Å². The summed E-state index contributed by atoms with van der Waals surface area (Å²) in [6, 6.07) is 0.0874. The molecule has 1 saturated heterocycles. The van der Waals surface area contributed by atoms with E-state index >= 15 is 0 Å². The number of hydrogen-bond donors (Lipinski definition) is 0. The first-order valence-corrected chi connectivity index (χ1v) is 7.31. The van der Waals surface area contributed by atoms with Gasteiger partial charge in [-0.15, -0.1) is 0 Å². The van der Waals surface area contributed by atoms with Crippen molar-refractivity contribution in [2.45, 2.75) is 26.8 Å². The van der Waals surface area contributed by atoms with Crippen molar-refractivity contribution in [3.05, 3.63) is 23.8 Å². The first-order chi connectivity index (χ1) is 10.5. The molecule has 0 aromatic carbocycles. The summed E-state index contributed by atoms with van der Waals surface area (Å²) < 4.78 is 33.6. The Bertz CT molecular complexity index is 719. The Labute approximate surface area is 133 Å². The summed E-state index contributed by atoms with van der Waals surface area (Å²) in [5.74, 6) is 0.0180. The lowest BCUT2D eigenvalue weighted by molar-refractivity contribution is 0.124. The molecule has 1 unspecified atom stereocenters. The summed E-state index contributed by atoms with van der Waals surface area (Å²) in [6.45, 7) is 7.33. The molecule has 2 aromatic rings. The van der Waals surface area contributed by atoms with Crippen molar-refractivity contribution >= 4 is 16.7 Å². The Balaban J connectivity index is 0.00000144. The number of nitrogens with zero attached hydrogens (tertiary/aromatic N) is 4. The van der Waals surface area contributed by atoms with Crippen LogP contribution in [0.3, 0.4) is 0 Å². The minimum atomic E-state index is -0.933. The van der Waals surface area contributed by atoms with Gasteiger partial charge in [0.15, 0.2) is 5.82 Å². The maximum atomic E-state index is 14.2. The molecule has 128 valence electrons. The zero-order valence-electron chi connectivity index (χ0n) is 13.2. The highest BCUT2D eigenvalue weighted by Gasteiger charge is 2.27. The third-order valence-corrected chi connectivity index (χ3v) is 4.26. The summed E-state index contributed by atoms with van der Waals surface area (Å²) in [7, 11) is 0. The first kappa shape index (κ1) is 17.4. The van der Waals surface area contributed by atoms with E-state index in [4.69, 9.17) is 4.74 Å². The molecule has 1 aliphatic rings. The van der Waals surface area contributed by atoms with Crippen molar-refractivity contribution < 1.29 is 19.6 Å². The van der Waals surface area contributed by atoms with Gasteiger partial charge in [0.2, 0.25) is 0 Å². The molecular weight excluding hydrogens is 309 g/mol. The fourth-order valence-corrected chi connectivity index (χ4v) is 2.71. The number of rotatable bonds is 1. The molecule has 5 nitrogen and oxygen atoms in total. The summed E-state index contributed by atoms with van der Waals surface area (Å²) in [6.07, 6.45) is 0.572. The van der Waals surface area contributed by atoms with Crippen LogP contribution >= 0.6 is 0 Å². The molecule has 3 rings (SSSR count). The fourth-order valence-electron chi connectivity index (χ4n) is 2.71. The Morgan fingerprint density at radius 3 is 2.78 bits per heavy atom. The van der Waals surface area contributed by atoms with Crippen LogP contribution in [0, 0.1) is 24.7 Å². The Kier molecular flexibility index (Phi) is 5.03. The third-order valence-electron chi connectivity index (χ3n) is 4.26. The average Bonchev–Trinajstić information content (AvgIpc) is 2.65. The molecule has 0 bridgehead atoms. The quantitative estimate of drug-likeness (QED) is 0.753. The van der Waals surface area contributed by atoms with Crippen LogP contribution in [0.1, 0.15) is 21.0 Å². The zero-order valence-corrected chi connectivity index (χ0v) is 13.2. The standard InChI is InChI=1S/C15H18F2N4O.FH.H2/c1-8-7-22-5-4-21(10(8)3)14-11-6-18-9(2)12(16)13(11)19-15(17)20-14;;/h6,8,10H,4-5,7H2,1-3H3;2*1H/t8?,10-;;/m1../s1. The van der Waals surface area contributed by atoms with Gasteiger partial charge in [0.25, 0.3) is 0 Å². The summed E-state index contributed by atoms with van der Waals surface area (Å²) >= 11 is 0. The molecule has 0 saturated carbocycles. The van der Waals surface area contributed by atoms with Crippen molar-refractivity contribution in [2.24, 2.45) is 5.92 Å². The number of pyridine rings is 1. The summed E-state index contributed by atoms with van der Waals surface area (Å²) in [5, 5.41) is 0.422. The largest absolute Gasteiger partial charge is 0.379 e. The van der Waals surface area contributed by atoms with E-state index < -0.39 is 11.9 Å². The van der Waals surface area contributed by atoms with Gasteiger partial charge in [-0.3, -0.25) is 9.69 Å². The van der Waals surface area contributed by atoms with Crippen LogP contribution in [-0.2, 0) is 4.74 Å². The van der Waals surface area contributed by atoms with Crippen molar-refractivity contribution in [1.29, 1.82) is 0 Å². The fraction of sp³-hybridized carbons (Fsp3) is 0.533. The second-order valence-corrected chi connectivity index (χ2v) is 5.72. The normalized spacial score (nSPS) is 21.9. The van der Waals surface area contributed by atoms with Crippen LogP contribution in [-0.4, -0.2) is 40.8 Å². The van der Waals surface area contributed by atoms with Gasteiger partial charge in [-0.25, -0.2) is 4.39 Å². The molecule has 2 aromatic heterocycles. The van der Waals surface area contributed by atoms with E-state index in [0.29, 0.717) is 31.0 Å². The van der Waals surface area contributed by atoms with E-state index in [0.717, 1.165) is 0 Å². The van der Waals surface area contributed by atoms with Crippen molar-refractivity contribution in [3.63, 3.8) is 0 Å². The van der Waals surface area contributed by atoms with E-state index in [1.54, 1.807) is 0 Å². The topological polar surface area (TPSA) is 51.1 Å². The lowest BCUT2D eigenvalue weighted by atomic mass is 10.0. The van der Waals surface area contributed by atoms with Crippen molar-refractivity contribution in [2.75, 3.05) is 24.7 Å². The SMILES string of the molecule is Cc1ncc2c(N3CCOCC(C)[C@H]3C)nc(F)nc2c1F.F.[HH]. The van der Waals surface area contributed by atoms with E-state index in [2.05, 4.69) is 21.9 Å². The van der Waals surface area contributed by atoms with Gasteiger partial charge in [0.05, 0.1) is 24.3 Å². The summed E-state index contributed by atoms with van der Waals surface area (Å²) in [4.78, 5) is 13.5. The molecule has 0 radical (unpaired) electrons. The second-order valence-electron chi connectivity index (χ2n) is 5.72. The average molecular weight is 330 g/mol. The number of aromatic nitrogens is 3. The number of anilines is 1. The van der Waals surface area contributed by atoms with Crippen molar-refractivity contribution in [1.82, 2.24) is 15.0 Å². The van der Waals surface area contributed by atoms with E-state index in [1.807, 2.05) is 11.8 Å². The molecule has 3 heterocycles. The predicted octanol–water partition coefficient (Wildman–Crippen LogP) is 2.87. The molecule has 1 fully saturated rings. The predicted molar refractivity (Wildman–Crippen MR) is 83.4 cm³/mol. The van der Waals surface area contributed by atoms with Gasteiger partial charge in [0, 0.05) is 20.2 Å². The van der Waals surface area contributed by atoms with Gasteiger partial charge >= 0.3 is 6.08 Å². The number of halogens is 3. The molecule has 23 heavy (non-hydrogen) atoms. The van der Waals surface area contributed by atoms with E-state index in [-0.39, 0.29) is 29.3 Å². The van der Waals surface area contributed by atoms with Crippen LogP contribution < -0.4 is 4.90 Å². The van der Waals surface area contributed by atoms with Gasteiger partial charge < -0.3 is 9.64 Å². The smallest absolute Gasteiger partial charge is 0.311 e. The monoisotopic (exact) mass is 330 g/mol. The Morgan fingerprint density at radius 2 is 2.04 bits per heavy atom. The minimum absolute atomic E-state index is 0. The molecule has 8 heteroatoms. The van der Waals surface area contributed by atoms with E-state index in [1.165, 1.54) is 13.1 Å². The van der Waals surface area contributed by atoms with E-state index in [9.17, 15) is 8.78 Å². The second kappa shape index (κ2) is 6.66. The Hall–Kier alpha value is -1.96. The molecule has 0 aliphatic carbocycles. The molecule has 0 spiro atoms. The number of fused-ring (bicyclic) bond motifs is 1. The van der Waals surface area contributed by atoms with Crippen LogP contribution in [0.2, 0.25) is 0 Å². The highest BCUT2D eigenvalue weighted by atomic mass is 19.1. The number of ether oxygens (including phenoxy) is 1. The van der Waals surface area contributed by atoms with Crippen LogP contribution in [0.4, 0.5) is 19.3 Å². The van der Waals surface area contributed by atoms with Crippen LogP contribution in [0.25, 0.3) is 10.9 Å². The third kappa shape index (κ3) is 3.08. The van der Waals surface area contributed by atoms with Crippen LogP contribution in [0.15, 0.2) is 6.20 Å². The molecular formula is C15H21F3N4O. The number of aryl methyl sites for hydroxylation is 1. The summed E-state index contributed by atoms with van der Waals surface area (Å²) in [5.41, 5.74) is 0.164. The highest BCUT2D eigenvalue weighted by molar-refractivity contribution is 5.89. The first-order valence-electron chi connectivity index (χ1n) is 7.31. The Morgan fingerprint density at radius 1 is 1.30 bits per heavy atom. The molecule has 2 atom stereocenters. The lowest BCUT2D eigenvalue weighted by Gasteiger charge is -2.31. The molecule has 0 amide bonds. The zero-order chi connectivity index (χ0) is 15.9.